The Morgan fingerprint density at radius 3 is 2.26 bits per heavy atom. The van der Waals surface area contributed by atoms with Crippen LogP contribution in [-0.2, 0) is 11.0 Å². The Kier molecular flexibility index (Phi) is 4.45. The zero-order valence-corrected chi connectivity index (χ0v) is 12.0. The Morgan fingerprint density at radius 2 is 1.78 bits per heavy atom. The van der Waals surface area contributed by atoms with E-state index in [4.69, 9.17) is 0 Å². The average molecular weight is 328 g/mol. The number of ketones is 1. The largest absolute Gasteiger partial charge is 0.471 e. The maximum Gasteiger partial charge on any atom is 0.471 e. The number of alkyl halides is 3. The number of carbonyl (C=O) groups excluding carboxylic acids is 2. The van der Waals surface area contributed by atoms with Gasteiger partial charge in [0.25, 0.3) is 5.78 Å². The van der Waals surface area contributed by atoms with Gasteiger partial charge >= 0.3 is 18.0 Å². The van der Waals surface area contributed by atoms with Crippen LogP contribution >= 0.6 is 0 Å². The van der Waals surface area contributed by atoms with Crippen LogP contribution in [0, 0.1) is 0 Å². The van der Waals surface area contributed by atoms with Gasteiger partial charge in [0, 0.05) is 25.2 Å². The smallest absolute Gasteiger partial charge is 0.329 e. The molecular weight excluding hydrogens is 317 g/mol. The summed E-state index contributed by atoms with van der Waals surface area (Å²) in [6.45, 7) is 0. The van der Waals surface area contributed by atoms with Crippen LogP contribution in [0.25, 0.3) is 11.4 Å². The van der Waals surface area contributed by atoms with E-state index in [-0.39, 0.29) is 17.0 Å². The first kappa shape index (κ1) is 16.6. The van der Waals surface area contributed by atoms with Crippen molar-refractivity contribution in [3.63, 3.8) is 0 Å². The van der Waals surface area contributed by atoms with E-state index in [1.807, 2.05) is 0 Å². The molecule has 122 valence electrons. The molecule has 0 fully saturated rings. The van der Waals surface area contributed by atoms with Crippen molar-refractivity contribution in [2.45, 2.75) is 6.18 Å². The van der Waals surface area contributed by atoms with Crippen LogP contribution in [0.3, 0.4) is 0 Å². The summed E-state index contributed by atoms with van der Waals surface area (Å²) in [6, 6.07) is 5.22. The van der Waals surface area contributed by atoms with E-state index < -0.39 is 23.8 Å². The van der Waals surface area contributed by atoms with Gasteiger partial charge in [-0.25, -0.2) is 5.01 Å². The van der Waals surface area contributed by atoms with Crippen molar-refractivity contribution in [3.05, 3.63) is 35.7 Å². The fourth-order valence-corrected chi connectivity index (χ4v) is 1.61. The number of nitrogens with one attached hydrogen (secondary N) is 1. The van der Waals surface area contributed by atoms with E-state index in [0.717, 1.165) is 0 Å². The number of aromatic nitrogens is 2. The fourth-order valence-electron chi connectivity index (χ4n) is 1.61. The number of Topliss-reactive ketones (excluding diaryl/α,β-unsaturated/α-hetero) is 1. The molecule has 10 heteroatoms. The van der Waals surface area contributed by atoms with Gasteiger partial charge in [0.15, 0.2) is 0 Å². The Labute approximate surface area is 128 Å². The molecule has 7 nitrogen and oxygen atoms in total. The van der Waals surface area contributed by atoms with Crippen molar-refractivity contribution in [1.29, 1.82) is 0 Å². The molecule has 1 N–H and O–H groups in total. The fraction of sp³-hybridized carbons (Fsp3) is 0.231. The summed E-state index contributed by atoms with van der Waals surface area (Å²) in [5.41, 5.74) is 2.58. The molecule has 1 aromatic carbocycles. The molecule has 23 heavy (non-hydrogen) atoms. The number of hydrogen-bond acceptors (Lipinski definition) is 6. The monoisotopic (exact) mass is 328 g/mol. The molecule has 0 radical (unpaired) electrons. The van der Waals surface area contributed by atoms with Crippen molar-refractivity contribution in [1.82, 2.24) is 20.6 Å². The molecule has 0 atom stereocenters. The zero-order valence-electron chi connectivity index (χ0n) is 12.0. The SMILES string of the molecule is CN(C)NC(=O)C(=O)c1ccc(-c2noc(C(F)(F)F)n2)cc1. The van der Waals surface area contributed by atoms with Crippen LogP contribution in [0.15, 0.2) is 28.8 Å². The molecule has 1 aromatic heterocycles. The predicted octanol–water partition coefficient (Wildman–Crippen LogP) is 1.53. The molecule has 1 heterocycles. The van der Waals surface area contributed by atoms with Crippen LogP contribution in [0.2, 0.25) is 0 Å². The number of amides is 1. The second-order valence-corrected chi connectivity index (χ2v) is 4.66. The summed E-state index contributed by atoms with van der Waals surface area (Å²) < 4.78 is 41.3. The van der Waals surface area contributed by atoms with Crippen LogP contribution < -0.4 is 5.43 Å². The van der Waals surface area contributed by atoms with Crippen LogP contribution in [-0.4, -0.2) is 40.9 Å². The first-order valence-electron chi connectivity index (χ1n) is 6.22. The Balaban J connectivity index is 2.18. The first-order chi connectivity index (χ1) is 10.7. The van der Waals surface area contributed by atoms with Crippen LogP contribution in [0.5, 0.6) is 0 Å². The van der Waals surface area contributed by atoms with Crippen molar-refractivity contribution in [2.24, 2.45) is 0 Å². The molecule has 2 rings (SSSR count). The van der Waals surface area contributed by atoms with Gasteiger partial charge < -0.3 is 4.52 Å². The lowest BCUT2D eigenvalue weighted by Crippen LogP contribution is -2.40. The van der Waals surface area contributed by atoms with Gasteiger partial charge in [-0.05, 0) is 0 Å². The third-order valence-electron chi connectivity index (χ3n) is 2.61. The highest BCUT2D eigenvalue weighted by Gasteiger charge is 2.38. The average Bonchev–Trinajstić information content (AvgIpc) is 2.96. The number of nitrogens with zero attached hydrogens (tertiary/aromatic N) is 3. The number of rotatable bonds is 4. The standard InChI is InChI=1S/C13H11F3N4O3/c1-20(2)18-11(22)9(21)7-3-5-8(6-4-7)10-17-12(23-19-10)13(14,15)16/h3-6H,1-2H3,(H,18,22). The predicted molar refractivity (Wildman–Crippen MR) is 70.9 cm³/mol. The molecule has 0 unspecified atom stereocenters. The second kappa shape index (κ2) is 6.16. The summed E-state index contributed by atoms with van der Waals surface area (Å²) in [4.78, 5) is 26.6. The van der Waals surface area contributed by atoms with Gasteiger partial charge in [0.2, 0.25) is 5.82 Å². The molecular formula is C13H11F3N4O3. The number of halogens is 3. The molecule has 0 bridgehead atoms. The minimum absolute atomic E-state index is 0.0765. The highest BCUT2D eigenvalue weighted by atomic mass is 19.4. The summed E-state index contributed by atoms with van der Waals surface area (Å²) in [5.74, 6) is -3.34. The van der Waals surface area contributed by atoms with Crippen molar-refractivity contribution in [3.8, 4) is 11.4 Å². The van der Waals surface area contributed by atoms with E-state index in [0.29, 0.717) is 0 Å². The van der Waals surface area contributed by atoms with Gasteiger partial charge in [-0.1, -0.05) is 29.4 Å². The van der Waals surface area contributed by atoms with Crippen molar-refractivity contribution >= 4 is 11.7 Å². The molecule has 0 spiro atoms. The Bertz CT molecular complexity index is 723. The number of carbonyl (C=O) groups is 2. The highest BCUT2D eigenvalue weighted by molar-refractivity contribution is 6.42. The Hall–Kier alpha value is -2.75. The maximum atomic E-state index is 12.4. The van der Waals surface area contributed by atoms with Crippen molar-refractivity contribution < 1.29 is 27.3 Å². The van der Waals surface area contributed by atoms with E-state index in [2.05, 4.69) is 20.1 Å². The van der Waals surface area contributed by atoms with Gasteiger partial charge in [0.1, 0.15) is 0 Å². The molecule has 0 saturated heterocycles. The normalized spacial score (nSPS) is 11.6. The summed E-state index contributed by atoms with van der Waals surface area (Å²) in [7, 11) is 3.09. The maximum absolute atomic E-state index is 12.4. The van der Waals surface area contributed by atoms with Gasteiger partial charge in [-0.3, -0.25) is 15.0 Å². The molecule has 0 aliphatic rings. The van der Waals surface area contributed by atoms with Crippen LogP contribution in [0.1, 0.15) is 16.2 Å². The number of hydrogen-bond donors (Lipinski definition) is 1. The Morgan fingerprint density at radius 1 is 1.17 bits per heavy atom. The summed E-state index contributed by atoms with van der Waals surface area (Å²) in [6.07, 6.45) is -4.73. The second-order valence-electron chi connectivity index (χ2n) is 4.66. The third kappa shape index (κ3) is 3.92. The van der Waals surface area contributed by atoms with E-state index in [1.54, 1.807) is 14.1 Å². The van der Waals surface area contributed by atoms with Gasteiger partial charge in [-0.15, -0.1) is 0 Å². The number of hydrazine groups is 1. The first-order valence-corrected chi connectivity index (χ1v) is 6.22. The van der Waals surface area contributed by atoms with E-state index in [9.17, 15) is 22.8 Å². The zero-order chi connectivity index (χ0) is 17.2. The third-order valence-corrected chi connectivity index (χ3v) is 2.61. The lowest BCUT2D eigenvalue weighted by Gasteiger charge is -2.10. The number of benzene rings is 1. The molecule has 0 aliphatic heterocycles. The minimum Gasteiger partial charge on any atom is -0.329 e. The van der Waals surface area contributed by atoms with Crippen molar-refractivity contribution in [2.75, 3.05) is 14.1 Å². The van der Waals surface area contributed by atoms with Gasteiger partial charge in [-0.2, -0.15) is 18.2 Å². The minimum atomic E-state index is -4.73. The lowest BCUT2D eigenvalue weighted by molar-refractivity contribution is -0.159. The topological polar surface area (TPSA) is 88.3 Å². The molecule has 0 saturated carbocycles. The lowest BCUT2D eigenvalue weighted by atomic mass is 10.1. The summed E-state index contributed by atoms with van der Waals surface area (Å²) in [5, 5.41) is 4.54. The van der Waals surface area contributed by atoms with Gasteiger partial charge in [0.05, 0.1) is 0 Å². The van der Waals surface area contributed by atoms with E-state index in [1.165, 1.54) is 29.3 Å². The molecule has 0 aliphatic carbocycles. The summed E-state index contributed by atoms with van der Waals surface area (Å²) >= 11 is 0. The van der Waals surface area contributed by atoms with E-state index >= 15 is 0 Å². The highest BCUT2D eigenvalue weighted by Crippen LogP contribution is 2.29. The molecule has 1 amide bonds. The molecule has 2 aromatic rings. The quantitative estimate of drug-likeness (QED) is 0.520. The van der Waals surface area contributed by atoms with Crippen LogP contribution in [0.4, 0.5) is 13.2 Å².